The van der Waals surface area contributed by atoms with Crippen molar-refractivity contribution in [1.29, 1.82) is 0 Å². The summed E-state index contributed by atoms with van der Waals surface area (Å²) >= 11 is 0. The van der Waals surface area contributed by atoms with Gasteiger partial charge in [0.25, 0.3) is 0 Å². The number of hydrogen-bond acceptors (Lipinski definition) is 3. The van der Waals surface area contributed by atoms with Crippen LogP contribution in [0.3, 0.4) is 0 Å². The Labute approximate surface area is 91.0 Å². The minimum Gasteiger partial charge on any atom is -0.440 e. The van der Waals surface area contributed by atoms with Crippen molar-refractivity contribution < 1.29 is 9.53 Å². The summed E-state index contributed by atoms with van der Waals surface area (Å²) in [6, 6.07) is 1.08. The number of alkyl carbamates (subject to hydrolysis) is 1. The van der Waals surface area contributed by atoms with Crippen LogP contribution in [0.4, 0.5) is 4.79 Å². The second-order valence-electron chi connectivity index (χ2n) is 4.96. The summed E-state index contributed by atoms with van der Waals surface area (Å²) in [5.41, 5.74) is -0.248. The standard InChI is InChI=1S/C11H20N2O2/c1-4-9-5-11(6-12-10(14)15-11)7-13(9)8(2)3/h8-9H,4-7H2,1-3H3,(H,12,14). The van der Waals surface area contributed by atoms with Crippen LogP contribution in [0.5, 0.6) is 0 Å². The Morgan fingerprint density at radius 2 is 2.40 bits per heavy atom. The number of amides is 1. The molecule has 1 spiro atoms. The van der Waals surface area contributed by atoms with Crippen LogP contribution in [0.2, 0.25) is 0 Å². The molecule has 2 aliphatic rings. The minimum absolute atomic E-state index is 0.248. The maximum absolute atomic E-state index is 11.1. The van der Waals surface area contributed by atoms with E-state index in [1.165, 1.54) is 0 Å². The van der Waals surface area contributed by atoms with Gasteiger partial charge in [-0.1, -0.05) is 6.92 Å². The summed E-state index contributed by atoms with van der Waals surface area (Å²) in [6.07, 6.45) is 1.84. The molecule has 4 nitrogen and oxygen atoms in total. The van der Waals surface area contributed by atoms with Crippen molar-refractivity contribution >= 4 is 6.09 Å². The Morgan fingerprint density at radius 3 is 2.80 bits per heavy atom. The summed E-state index contributed by atoms with van der Waals surface area (Å²) in [6.45, 7) is 8.15. The first-order valence-electron chi connectivity index (χ1n) is 5.79. The molecule has 1 amide bonds. The van der Waals surface area contributed by atoms with E-state index in [0.29, 0.717) is 18.6 Å². The normalized spacial score (nSPS) is 36.3. The van der Waals surface area contributed by atoms with Gasteiger partial charge in [0.15, 0.2) is 0 Å². The molecule has 2 unspecified atom stereocenters. The predicted molar refractivity (Wildman–Crippen MR) is 57.8 cm³/mol. The Balaban J connectivity index is 2.10. The molecule has 2 rings (SSSR count). The molecule has 0 aromatic heterocycles. The second-order valence-corrected chi connectivity index (χ2v) is 4.96. The molecule has 0 bridgehead atoms. The van der Waals surface area contributed by atoms with Gasteiger partial charge in [-0.05, 0) is 20.3 Å². The molecule has 15 heavy (non-hydrogen) atoms. The summed E-state index contributed by atoms with van der Waals surface area (Å²) in [7, 11) is 0. The number of rotatable bonds is 2. The molecule has 2 atom stereocenters. The Hall–Kier alpha value is -0.770. The maximum Gasteiger partial charge on any atom is 0.407 e. The van der Waals surface area contributed by atoms with Gasteiger partial charge in [0.05, 0.1) is 6.54 Å². The van der Waals surface area contributed by atoms with Crippen molar-refractivity contribution in [1.82, 2.24) is 10.2 Å². The smallest absolute Gasteiger partial charge is 0.407 e. The highest BCUT2D eigenvalue weighted by Crippen LogP contribution is 2.35. The van der Waals surface area contributed by atoms with Crippen LogP contribution in [0.1, 0.15) is 33.6 Å². The summed E-state index contributed by atoms with van der Waals surface area (Å²) in [5.74, 6) is 0. The molecule has 2 aliphatic heterocycles. The van der Waals surface area contributed by atoms with Gasteiger partial charge in [-0.2, -0.15) is 0 Å². The Kier molecular flexibility index (Phi) is 2.63. The van der Waals surface area contributed by atoms with E-state index in [0.717, 1.165) is 19.4 Å². The first kappa shape index (κ1) is 10.7. The van der Waals surface area contributed by atoms with Crippen LogP contribution < -0.4 is 5.32 Å². The first-order valence-corrected chi connectivity index (χ1v) is 5.79. The highest BCUT2D eigenvalue weighted by Gasteiger charge is 2.50. The van der Waals surface area contributed by atoms with Gasteiger partial charge in [0.1, 0.15) is 5.60 Å². The van der Waals surface area contributed by atoms with Gasteiger partial charge in [-0.15, -0.1) is 0 Å². The van der Waals surface area contributed by atoms with Crippen LogP contribution in [-0.4, -0.2) is 41.8 Å². The van der Waals surface area contributed by atoms with Gasteiger partial charge in [-0.25, -0.2) is 4.79 Å². The first-order chi connectivity index (χ1) is 7.06. The van der Waals surface area contributed by atoms with Gasteiger partial charge in [-0.3, -0.25) is 4.90 Å². The van der Waals surface area contributed by atoms with Crippen LogP contribution in [-0.2, 0) is 4.74 Å². The zero-order valence-electron chi connectivity index (χ0n) is 9.75. The third-order valence-corrected chi connectivity index (χ3v) is 3.55. The molecule has 0 aromatic carbocycles. The zero-order chi connectivity index (χ0) is 11.1. The lowest BCUT2D eigenvalue weighted by atomic mass is 10.00. The fourth-order valence-corrected chi connectivity index (χ4v) is 2.76. The zero-order valence-corrected chi connectivity index (χ0v) is 9.75. The molecule has 2 fully saturated rings. The summed E-state index contributed by atoms with van der Waals surface area (Å²) in [4.78, 5) is 13.6. The minimum atomic E-state index is -0.254. The van der Waals surface area contributed by atoms with Crippen molar-refractivity contribution in [3.05, 3.63) is 0 Å². The van der Waals surface area contributed by atoms with Crippen LogP contribution in [0, 0.1) is 0 Å². The fourth-order valence-electron chi connectivity index (χ4n) is 2.76. The highest BCUT2D eigenvalue weighted by atomic mass is 16.6. The Morgan fingerprint density at radius 1 is 1.67 bits per heavy atom. The van der Waals surface area contributed by atoms with Crippen LogP contribution in [0.25, 0.3) is 0 Å². The number of carbonyl (C=O) groups excluding carboxylic acids is 1. The third-order valence-electron chi connectivity index (χ3n) is 3.55. The van der Waals surface area contributed by atoms with E-state index in [1.807, 2.05) is 0 Å². The van der Waals surface area contributed by atoms with E-state index in [4.69, 9.17) is 4.74 Å². The third kappa shape index (κ3) is 1.83. The van der Waals surface area contributed by atoms with Gasteiger partial charge >= 0.3 is 6.09 Å². The van der Waals surface area contributed by atoms with Gasteiger partial charge < -0.3 is 10.1 Å². The quantitative estimate of drug-likeness (QED) is 0.751. The number of ether oxygens (including phenoxy) is 1. The Bertz CT molecular complexity index is 267. The number of likely N-dealkylation sites (tertiary alicyclic amines) is 1. The average molecular weight is 212 g/mol. The SMILES string of the molecule is CCC1CC2(CNC(=O)O2)CN1C(C)C. The van der Waals surface area contributed by atoms with E-state index >= 15 is 0 Å². The highest BCUT2D eigenvalue weighted by molar-refractivity contribution is 5.70. The fraction of sp³-hybridized carbons (Fsp3) is 0.909. The van der Waals surface area contributed by atoms with E-state index in [2.05, 4.69) is 31.0 Å². The van der Waals surface area contributed by atoms with Crippen molar-refractivity contribution in [2.24, 2.45) is 0 Å². The molecule has 0 aromatic rings. The molecule has 4 heteroatoms. The van der Waals surface area contributed by atoms with Crippen LogP contribution in [0.15, 0.2) is 0 Å². The predicted octanol–water partition coefficient (Wildman–Crippen LogP) is 1.36. The molecule has 0 aliphatic carbocycles. The topological polar surface area (TPSA) is 41.6 Å². The number of carbonyl (C=O) groups is 1. The molecule has 2 saturated heterocycles. The summed E-state index contributed by atoms with van der Waals surface area (Å²) < 4.78 is 5.43. The van der Waals surface area contributed by atoms with Crippen molar-refractivity contribution in [2.75, 3.05) is 13.1 Å². The second kappa shape index (κ2) is 3.67. The average Bonchev–Trinajstić information content (AvgIpc) is 2.71. The maximum atomic E-state index is 11.1. The number of nitrogens with one attached hydrogen (secondary N) is 1. The summed E-state index contributed by atoms with van der Waals surface area (Å²) in [5, 5.41) is 2.77. The monoisotopic (exact) mass is 212 g/mol. The molecular weight excluding hydrogens is 192 g/mol. The molecule has 0 radical (unpaired) electrons. The molecule has 86 valence electrons. The molecule has 2 heterocycles. The van der Waals surface area contributed by atoms with Crippen molar-refractivity contribution in [2.45, 2.75) is 51.3 Å². The number of hydrogen-bond donors (Lipinski definition) is 1. The van der Waals surface area contributed by atoms with E-state index in [9.17, 15) is 4.79 Å². The lowest BCUT2D eigenvalue weighted by Crippen LogP contribution is -2.39. The molecule has 0 saturated carbocycles. The van der Waals surface area contributed by atoms with E-state index in [1.54, 1.807) is 0 Å². The van der Waals surface area contributed by atoms with E-state index < -0.39 is 0 Å². The lowest BCUT2D eigenvalue weighted by Gasteiger charge is -2.27. The molecular formula is C11H20N2O2. The van der Waals surface area contributed by atoms with Crippen molar-refractivity contribution in [3.63, 3.8) is 0 Å². The van der Waals surface area contributed by atoms with Gasteiger partial charge in [0, 0.05) is 25.0 Å². The van der Waals surface area contributed by atoms with Gasteiger partial charge in [0.2, 0.25) is 0 Å². The molecule has 1 N–H and O–H groups in total. The lowest BCUT2D eigenvalue weighted by molar-refractivity contribution is 0.0603. The van der Waals surface area contributed by atoms with Crippen LogP contribution >= 0.6 is 0 Å². The van der Waals surface area contributed by atoms with E-state index in [-0.39, 0.29) is 11.7 Å². The van der Waals surface area contributed by atoms with Crippen molar-refractivity contribution in [3.8, 4) is 0 Å². The number of nitrogens with zero attached hydrogens (tertiary/aromatic N) is 1. The largest absolute Gasteiger partial charge is 0.440 e.